The molecule has 4 heteroatoms. The van der Waals surface area contributed by atoms with Crippen LogP contribution in [-0.4, -0.2) is 23.0 Å². The first kappa shape index (κ1) is 15.3. The van der Waals surface area contributed by atoms with E-state index in [2.05, 4.69) is 5.32 Å². The minimum atomic E-state index is -0.793. The van der Waals surface area contributed by atoms with E-state index in [1.54, 1.807) is 6.92 Å². The highest BCUT2D eigenvalue weighted by Gasteiger charge is 2.44. The van der Waals surface area contributed by atoms with Crippen molar-refractivity contribution in [2.75, 3.05) is 0 Å². The van der Waals surface area contributed by atoms with E-state index in [1.807, 2.05) is 0 Å². The Bertz CT molecular complexity index is 361. The fraction of sp³-hybridized carbons (Fsp3) is 0.875. The molecule has 0 saturated heterocycles. The zero-order valence-corrected chi connectivity index (χ0v) is 12.5. The molecule has 2 atom stereocenters. The quantitative estimate of drug-likeness (QED) is 0.781. The molecule has 2 unspecified atom stereocenters. The first-order valence-corrected chi connectivity index (χ1v) is 8.08. The number of carboxylic acid groups (broad SMARTS) is 1. The molecule has 2 N–H and O–H groups in total. The monoisotopic (exact) mass is 281 g/mol. The van der Waals surface area contributed by atoms with Crippen molar-refractivity contribution in [1.29, 1.82) is 0 Å². The molecule has 0 aromatic rings. The van der Waals surface area contributed by atoms with E-state index in [1.165, 1.54) is 12.8 Å². The Kier molecular flexibility index (Phi) is 5.06. The molecule has 2 fully saturated rings. The topological polar surface area (TPSA) is 66.4 Å². The second kappa shape index (κ2) is 6.59. The third kappa shape index (κ3) is 3.33. The van der Waals surface area contributed by atoms with E-state index in [4.69, 9.17) is 0 Å². The van der Waals surface area contributed by atoms with Gasteiger partial charge in [0.15, 0.2) is 0 Å². The van der Waals surface area contributed by atoms with Gasteiger partial charge in [0.1, 0.15) is 0 Å². The number of nitrogens with one attached hydrogen (secondary N) is 1. The summed E-state index contributed by atoms with van der Waals surface area (Å²) >= 11 is 0. The summed E-state index contributed by atoms with van der Waals surface area (Å²) in [5, 5.41) is 12.6. The second-order valence-electron chi connectivity index (χ2n) is 6.72. The Balaban J connectivity index is 1.99. The molecular weight excluding hydrogens is 254 g/mol. The third-order valence-corrected chi connectivity index (χ3v) is 5.24. The lowest BCUT2D eigenvalue weighted by atomic mass is 9.71. The molecule has 1 amide bonds. The molecule has 2 rings (SSSR count). The molecule has 2 saturated carbocycles. The first-order chi connectivity index (χ1) is 9.54. The molecule has 114 valence electrons. The zero-order valence-electron chi connectivity index (χ0n) is 12.5. The Hall–Kier alpha value is -1.06. The molecular formula is C16H27NO3. The average Bonchev–Trinajstić information content (AvgIpc) is 2.70. The number of amides is 1. The van der Waals surface area contributed by atoms with Gasteiger partial charge in [0.2, 0.25) is 5.91 Å². The van der Waals surface area contributed by atoms with E-state index in [9.17, 15) is 14.7 Å². The Morgan fingerprint density at radius 1 is 1.00 bits per heavy atom. The van der Waals surface area contributed by atoms with E-state index in [0.29, 0.717) is 6.42 Å². The summed E-state index contributed by atoms with van der Waals surface area (Å²) in [6.45, 7) is 1.78. The zero-order chi connectivity index (χ0) is 14.6. The van der Waals surface area contributed by atoms with Gasteiger partial charge in [-0.2, -0.15) is 0 Å². The standard InChI is InChI=1S/C16H27NO3/c1-16(15(19)20)11-7-6-10-13(16)17-14(18)12-8-4-2-3-5-9-12/h12-13H,2-11H2,1H3,(H,17,18)(H,19,20). The van der Waals surface area contributed by atoms with Crippen LogP contribution in [0.3, 0.4) is 0 Å². The molecule has 2 aliphatic rings. The summed E-state index contributed by atoms with van der Waals surface area (Å²) in [7, 11) is 0. The van der Waals surface area contributed by atoms with Gasteiger partial charge in [-0.05, 0) is 32.6 Å². The van der Waals surface area contributed by atoms with Crippen molar-refractivity contribution < 1.29 is 14.7 Å². The van der Waals surface area contributed by atoms with E-state index in [-0.39, 0.29) is 17.9 Å². The minimum Gasteiger partial charge on any atom is -0.481 e. The molecule has 0 aromatic carbocycles. The Morgan fingerprint density at radius 2 is 1.60 bits per heavy atom. The van der Waals surface area contributed by atoms with Crippen LogP contribution >= 0.6 is 0 Å². The molecule has 0 radical (unpaired) electrons. The highest BCUT2D eigenvalue weighted by atomic mass is 16.4. The fourth-order valence-corrected chi connectivity index (χ4v) is 3.65. The fourth-order valence-electron chi connectivity index (χ4n) is 3.65. The summed E-state index contributed by atoms with van der Waals surface area (Å²) in [5.74, 6) is -0.591. The normalized spacial score (nSPS) is 32.4. The molecule has 0 aromatic heterocycles. The number of carbonyl (C=O) groups is 2. The van der Waals surface area contributed by atoms with Crippen molar-refractivity contribution in [2.45, 2.75) is 77.2 Å². The van der Waals surface area contributed by atoms with Gasteiger partial charge in [-0.3, -0.25) is 9.59 Å². The molecule has 0 heterocycles. The first-order valence-electron chi connectivity index (χ1n) is 8.08. The number of hydrogen-bond donors (Lipinski definition) is 2. The summed E-state index contributed by atoms with van der Waals surface area (Å²) in [5.41, 5.74) is -0.793. The van der Waals surface area contributed by atoms with E-state index in [0.717, 1.165) is 44.9 Å². The highest BCUT2D eigenvalue weighted by molar-refractivity contribution is 5.81. The van der Waals surface area contributed by atoms with E-state index < -0.39 is 11.4 Å². The molecule has 20 heavy (non-hydrogen) atoms. The van der Waals surface area contributed by atoms with E-state index >= 15 is 0 Å². The number of rotatable bonds is 3. The highest BCUT2D eigenvalue weighted by Crippen LogP contribution is 2.37. The smallest absolute Gasteiger partial charge is 0.311 e. The van der Waals surface area contributed by atoms with Crippen LogP contribution < -0.4 is 5.32 Å². The van der Waals surface area contributed by atoms with Gasteiger partial charge >= 0.3 is 5.97 Å². The molecule has 2 aliphatic carbocycles. The molecule has 4 nitrogen and oxygen atoms in total. The lowest BCUT2D eigenvalue weighted by Gasteiger charge is -2.39. The van der Waals surface area contributed by atoms with Crippen LogP contribution in [0.25, 0.3) is 0 Å². The summed E-state index contributed by atoms with van der Waals surface area (Å²) < 4.78 is 0. The van der Waals surface area contributed by atoms with Gasteiger partial charge in [-0.25, -0.2) is 0 Å². The Labute approximate surface area is 121 Å². The van der Waals surface area contributed by atoms with Crippen LogP contribution in [0.15, 0.2) is 0 Å². The van der Waals surface area contributed by atoms with Gasteiger partial charge in [-0.1, -0.05) is 38.5 Å². The molecule has 0 aliphatic heterocycles. The van der Waals surface area contributed by atoms with Gasteiger partial charge in [0.05, 0.1) is 5.41 Å². The lowest BCUT2D eigenvalue weighted by Crippen LogP contribution is -2.53. The van der Waals surface area contributed by atoms with Crippen molar-refractivity contribution >= 4 is 11.9 Å². The van der Waals surface area contributed by atoms with Crippen molar-refractivity contribution in [1.82, 2.24) is 5.32 Å². The maximum Gasteiger partial charge on any atom is 0.311 e. The van der Waals surface area contributed by atoms with Gasteiger partial charge in [-0.15, -0.1) is 0 Å². The van der Waals surface area contributed by atoms with Crippen LogP contribution in [0.5, 0.6) is 0 Å². The van der Waals surface area contributed by atoms with Gasteiger partial charge in [0.25, 0.3) is 0 Å². The number of carbonyl (C=O) groups excluding carboxylic acids is 1. The largest absolute Gasteiger partial charge is 0.481 e. The summed E-state index contributed by atoms with van der Waals surface area (Å²) in [4.78, 5) is 24.0. The van der Waals surface area contributed by atoms with Crippen molar-refractivity contribution in [3.63, 3.8) is 0 Å². The predicted molar refractivity (Wildman–Crippen MR) is 77.3 cm³/mol. The maximum absolute atomic E-state index is 12.4. The number of aliphatic carboxylic acids is 1. The van der Waals surface area contributed by atoms with Crippen molar-refractivity contribution in [3.8, 4) is 0 Å². The Morgan fingerprint density at radius 3 is 2.20 bits per heavy atom. The van der Waals surface area contributed by atoms with Crippen LogP contribution in [-0.2, 0) is 9.59 Å². The average molecular weight is 281 g/mol. The van der Waals surface area contributed by atoms with Crippen LogP contribution in [0.4, 0.5) is 0 Å². The lowest BCUT2D eigenvalue weighted by molar-refractivity contribution is -0.152. The summed E-state index contributed by atoms with van der Waals surface area (Å²) in [6, 6.07) is -0.204. The minimum absolute atomic E-state index is 0.0891. The van der Waals surface area contributed by atoms with Crippen molar-refractivity contribution in [3.05, 3.63) is 0 Å². The SMILES string of the molecule is CC1(C(=O)O)CCCCC1NC(=O)C1CCCCCC1. The third-order valence-electron chi connectivity index (χ3n) is 5.24. The van der Waals surface area contributed by atoms with Crippen LogP contribution in [0.1, 0.15) is 71.1 Å². The number of hydrogen-bond acceptors (Lipinski definition) is 2. The van der Waals surface area contributed by atoms with Gasteiger partial charge < -0.3 is 10.4 Å². The molecule has 0 bridgehead atoms. The van der Waals surface area contributed by atoms with Crippen molar-refractivity contribution in [2.24, 2.45) is 11.3 Å². The second-order valence-corrected chi connectivity index (χ2v) is 6.72. The van der Waals surface area contributed by atoms with Gasteiger partial charge in [0, 0.05) is 12.0 Å². The predicted octanol–water partition coefficient (Wildman–Crippen LogP) is 3.11. The maximum atomic E-state index is 12.4. The van der Waals surface area contributed by atoms with Crippen LogP contribution in [0.2, 0.25) is 0 Å². The van der Waals surface area contributed by atoms with Crippen LogP contribution in [0, 0.1) is 11.3 Å². The number of carboxylic acids is 1. The summed E-state index contributed by atoms with van der Waals surface area (Å²) in [6.07, 6.45) is 10.0. The molecule has 0 spiro atoms.